The number of nitrogens with zero attached hydrogens (tertiary/aromatic N) is 4. The molecular weight excluding hydrogens is 761 g/mol. The fraction of sp³-hybridized carbons (Fsp3) is 0.0893. The van der Waals surface area contributed by atoms with E-state index < -0.39 is 0 Å². The lowest BCUT2D eigenvalue weighted by Crippen LogP contribution is -2.14. The average molecular weight is 801 g/mol. The number of fused-ring (bicyclic) bond motifs is 9. The quantitative estimate of drug-likeness (QED) is 0.174. The highest BCUT2D eigenvalue weighted by atomic mass is 32.1. The third-order valence-electron chi connectivity index (χ3n) is 13.0. The van der Waals surface area contributed by atoms with Crippen molar-refractivity contribution in [3.05, 3.63) is 192 Å². The number of thiophene rings is 1. The lowest BCUT2D eigenvalue weighted by atomic mass is 9.82. The molecule has 5 heteroatoms. The Morgan fingerprint density at radius 1 is 0.443 bits per heavy atom. The molecule has 0 fully saturated rings. The van der Waals surface area contributed by atoms with E-state index in [0.717, 1.165) is 33.5 Å². The zero-order chi connectivity index (χ0) is 41.0. The summed E-state index contributed by atoms with van der Waals surface area (Å²) in [5.41, 5.74) is 16.5. The van der Waals surface area contributed by atoms with Crippen LogP contribution in [0.4, 0.5) is 0 Å². The molecule has 3 heterocycles. The Morgan fingerprint density at radius 3 is 1.97 bits per heavy atom. The van der Waals surface area contributed by atoms with E-state index >= 15 is 0 Å². The second-order valence-corrected chi connectivity index (χ2v) is 17.9. The van der Waals surface area contributed by atoms with E-state index in [9.17, 15) is 0 Å². The minimum atomic E-state index is -0.100. The molecule has 61 heavy (non-hydrogen) atoms. The molecule has 3 aromatic heterocycles. The number of benzene rings is 8. The first-order valence-electron chi connectivity index (χ1n) is 20.9. The van der Waals surface area contributed by atoms with Crippen molar-refractivity contribution in [3.8, 4) is 62.1 Å². The van der Waals surface area contributed by atoms with Crippen LogP contribution in [0.25, 0.3) is 104 Å². The van der Waals surface area contributed by atoms with E-state index in [4.69, 9.17) is 15.0 Å². The predicted octanol–water partition coefficient (Wildman–Crippen LogP) is 14.9. The fourth-order valence-electron chi connectivity index (χ4n) is 9.91. The molecule has 1 aliphatic rings. The Labute approximate surface area is 358 Å². The summed E-state index contributed by atoms with van der Waals surface area (Å²) in [6.07, 6.45) is 0. The van der Waals surface area contributed by atoms with Gasteiger partial charge in [0.15, 0.2) is 17.5 Å². The highest BCUT2D eigenvalue weighted by Gasteiger charge is 2.36. The van der Waals surface area contributed by atoms with Crippen molar-refractivity contribution in [1.82, 2.24) is 19.5 Å². The highest BCUT2D eigenvalue weighted by molar-refractivity contribution is 7.26. The number of para-hydroxylation sites is 1. The van der Waals surface area contributed by atoms with Gasteiger partial charge < -0.3 is 4.57 Å². The molecule has 0 amide bonds. The van der Waals surface area contributed by atoms with Gasteiger partial charge in [-0.3, -0.25) is 0 Å². The first-order valence-corrected chi connectivity index (χ1v) is 21.8. The largest absolute Gasteiger partial charge is 0.309 e. The maximum absolute atomic E-state index is 5.30. The second kappa shape index (κ2) is 13.4. The summed E-state index contributed by atoms with van der Waals surface area (Å²) in [6, 6.07) is 61.4. The number of rotatable bonds is 5. The second-order valence-electron chi connectivity index (χ2n) is 16.9. The molecule has 0 spiro atoms. The van der Waals surface area contributed by atoms with Crippen molar-refractivity contribution in [3.63, 3.8) is 0 Å². The summed E-state index contributed by atoms with van der Waals surface area (Å²) < 4.78 is 4.90. The Hall–Kier alpha value is -7.21. The Balaban J connectivity index is 1.03. The third-order valence-corrected chi connectivity index (χ3v) is 14.3. The van der Waals surface area contributed by atoms with Crippen molar-refractivity contribution >= 4 is 53.3 Å². The van der Waals surface area contributed by atoms with Crippen LogP contribution in [0.15, 0.2) is 170 Å². The Bertz CT molecular complexity index is 3590. The van der Waals surface area contributed by atoms with Gasteiger partial charge >= 0.3 is 0 Å². The SMILES string of the molecule is Cc1ccc(-n2c3ccccc3c3cc4c(cc32)C(C)(C)c2ccccc2-4)cc1-c1cccc(-c2nc(-c3ccccc3)nc(-c3cccc4c3sc3ccccc34)n2)c1C. The standard InChI is InChI=1S/C56H40N4S/c1-33-28-29-36(60-49-26-12-9-19-40(49)46-31-45-39-18-8-11-25-47(39)56(3,4)48(45)32-50(46)60)30-44(33)37-21-14-22-38(34(37)2)54-57-53(35-16-6-5-7-17-35)58-55(59-54)43-24-15-23-42-41-20-10-13-27-51(41)61-52(42)43/h5-32H,1-4H3. The minimum Gasteiger partial charge on any atom is -0.309 e. The third kappa shape index (κ3) is 5.40. The van der Waals surface area contributed by atoms with Gasteiger partial charge in [-0.2, -0.15) is 0 Å². The summed E-state index contributed by atoms with van der Waals surface area (Å²) in [6.45, 7) is 9.14. The molecule has 0 atom stereocenters. The van der Waals surface area contributed by atoms with E-state index in [1.807, 2.05) is 18.2 Å². The number of hydrogen-bond donors (Lipinski definition) is 0. The van der Waals surface area contributed by atoms with Gasteiger partial charge in [-0.1, -0.05) is 141 Å². The van der Waals surface area contributed by atoms with Crippen molar-refractivity contribution in [2.45, 2.75) is 33.1 Å². The molecule has 0 saturated carbocycles. The fourth-order valence-corrected chi connectivity index (χ4v) is 11.1. The van der Waals surface area contributed by atoms with Gasteiger partial charge in [0, 0.05) is 58.7 Å². The van der Waals surface area contributed by atoms with Gasteiger partial charge in [-0.05, 0) is 101 Å². The van der Waals surface area contributed by atoms with E-state index in [-0.39, 0.29) is 5.41 Å². The van der Waals surface area contributed by atoms with Crippen molar-refractivity contribution in [1.29, 1.82) is 0 Å². The molecule has 0 aliphatic heterocycles. The molecular formula is C56H40N4S. The summed E-state index contributed by atoms with van der Waals surface area (Å²) >= 11 is 1.79. The van der Waals surface area contributed by atoms with Gasteiger partial charge in [0.25, 0.3) is 0 Å². The zero-order valence-corrected chi connectivity index (χ0v) is 35.2. The van der Waals surface area contributed by atoms with Crippen LogP contribution in [0.3, 0.4) is 0 Å². The Morgan fingerprint density at radius 2 is 1.10 bits per heavy atom. The molecule has 0 saturated heterocycles. The number of aryl methyl sites for hydroxylation is 1. The molecule has 0 N–H and O–H groups in total. The van der Waals surface area contributed by atoms with E-state index in [1.165, 1.54) is 75.4 Å². The monoisotopic (exact) mass is 800 g/mol. The molecule has 8 aromatic carbocycles. The van der Waals surface area contributed by atoms with Crippen molar-refractivity contribution in [2.75, 3.05) is 0 Å². The van der Waals surface area contributed by atoms with Crippen LogP contribution in [0.5, 0.6) is 0 Å². The predicted molar refractivity (Wildman–Crippen MR) is 256 cm³/mol. The summed E-state index contributed by atoms with van der Waals surface area (Å²) in [4.78, 5) is 15.7. The van der Waals surface area contributed by atoms with Gasteiger partial charge in [0.2, 0.25) is 0 Å². The Kier molecular flexibility index (Phi) is 7.85. The summed E-state index contributed by atoms with van der Waals surface area (Å²) in [5.74, 6) is 1.99. The molecule has 11 aromatic rings. The molecule has 0 unspecified atom stereocenters. The molecule has 0 bridgehead atoms. The smallest absolute Gasteiger partial charge is 0.165 e. The first kappa shape index (κ1) is 35.7. The normalized spacial score (nSPS) is 13.0. The van der Waals surface area contributed by atoms with E-state index in [0.29, 0.717) is 17.5 Å². The first-order chi connectivity index (χ1) is 29.8. The van der Waals surface area contributed by atoms with Crippen LogP contribution in [-0.2, 0) is 5.41 Å². The van der Waals surface area contributed by atoms with Gasteiger partial charge in [0.1, 0.15) is 0 Å². The van der Waals surface area contributed by atoms with Gasteiger partial charge in [-0.15, -0.1) is 11.3 Å². The topological polar surface area (TPSA) is 43.6 Å². The summed E-state index contributed by atoms with van der Waals surface area (Å²) in [7, 11) is 0. The number of aromatic nitrogens is 4. The van der Waals surface area contributed by atoms with Crippen LogP contribution in [0.1, 0.15) is 36.1 Å². The van der Waals surface area contributed by atoms with E-state index in [1.54, 1.807) is 11.3 Å². The van der Waals surface area contributed by atoms with Crippen LogP contribution >= 0.6 is 11.3 Å². The van der Waals surface area contributed by atoms with Crippen molar-refractivity contribution in [2.24, 2.45) is 0 Å². The van der Waals surface area contributed by atoms with Gasteiger partial charge in [-0.25, -0.2) is 15.0 Å². The van der Waals surface area contributed by atoms with Crippen LogP contribution < -0.4 is 0 Å². The maximum Gasteiger partial charge on any atom is 0.165 e. The van der Waals surface area contributed by atoms with Crippen molar-refractivity contribution < 1.29 is 0 Å². The molecule has 290 valence electrons. The highest BCUT2D eigenvalue weighted by Crippen LogP contribution is 2.51. The minimum absolute atomic E-state index is 0.100. The molecule has 0 radical (unpaired) electrons. The maximum atomic E-state index is 5.30. The summed E-state index contributed by atoms with van der Waals surface area (Å²) in [5, 5.41) is 5.00. The number of hydrogen-bond acceptors (Lipinski definition) is 4. The van der Waals surface area contributed by atoms with Gasteiger partial charge in [0.05, 0.1) is 11.0 Å². The lowest BCUT2D eigenvalue weighted by molar-refractivity contribution is 0.661. The molecule has 12 rings (SSSR count). The zero-order valence-electron chi connectivity index (χ0n) is 34.4. The van der Waals surface area contributed by atoms with Crippen LogP contribution in [0, 0.1) is 13.8 Å². The lowest BCUT2D eigenvalue weighted by Gasteiger charge is -2.22. The van der Waals surface area contributed by atoms with Crippen LogP contribution in [0.2, 0.25) is 0 Å². The molecule has 4 nitrogen and oxygen atoms in total. The van der Waals surface area contributed by atoms with Crippen LogP contribution in [-0.4, -0.2) is 19.5 Å². The average Bonchev–Trinajstić information content (AvgIpc) is 3.91. The molecule has 1 aliphatic carbocycles. The van der Waals surface area contributed by atoms with E-state index in [2.05, 4.69) is 184 Å².